The van der Waals surface area contributed by atoms with Crippen LogP contribution in [0.1, 0.15) is 79.1 Å². The summed E-state index contributed by atoms with van der Waals surface area (Å²) in [5, 5.41) is 10.7. The summed E-state index contributed by atoms with van der Waals surface area (Å²) in [6.07, 6.45) is 10.4. The van der Waals surface area contributed by atoms with Crippen LogP contribution in [-0.2, 0) is 4.74 Å². The first kappa shape index (κ1) is 17.3. The van der Waals surface area contributed by atoms with E-state index in [0.717, 1.165) is 42.4 Å². The minimum absolute atomic E-state index is 0.410. The Bertz CT molecular complexity index is 500. The molecule has 1 N–H and O–H groups in total. The van der Waals surface area contributed by atoms with Crippen LogP contribution < -0.4 is 0 Å². The van der Waals surface area contributed by atoms with E-state index < -0.39 is 5.60 Å². The molecule has 2 heteroatoms. The van der Waals surface area contributed by atoms with Crippen LogP contribution in [0.25, 0.3) is 0 Å². The average molecular weight is 335 g/mol. The molecule has 0 unspecified atom stereocenters. The third-order valence-corrected chi connectivity index (χ3v) is 9.51. The van der Waals surface area contributed by atoms with Gasteiger partial charge in [0.25, 0.3) is 0 Å². The van der Waals surface area contributed by atoms with Gasteiger partial charge in [-0.2, -0.15) is 0 Å². The summed E-state index contributed by atoms with van der Waals surface area (Å²) in [5.41, 5.74) is 0.452. The van der Waals surface area contributed by atoms with E-state index in [1.54, 1.807) is 0 Å². The van der Waals surface area contributed by atoms with Crippen molar-refractivity contribution >= 4 is 0 Å². The van der Waals surface area contributed by atoms with Gasteiger partial charge >= 0.3 is 0 Å². The fourth-order valence-electron chi connectivity index (χ4n) is 8.15. The number of aliphatic hydroxyl groups is 1. The van der Waals surface area contributed by atoms with Crippen LogP contribution in [-0.4, -0.2) is 23.9 Å². The normalized spacial score (nSPS) is 60.2. The highest BCUT2D eigenvalue weighted by Gasteiger charge is 2.62. The Morgan fingerprint density at radius 2 is 1.62 bits per heavy atom. The zero-order valence-electron chi connectivity index (χ0n) is 16.5. The zero-order chi connectivity index (χ0) is 17.3. The first-order chi connectivity index (χ1) is 11.2. The van der Waals surface area contributed by atoms with Crippen molar-refractivity contribution in [2.24, 2.45) is 40.4 Å². The molecule has 0 saturated heterocycles. The highest BCUT2D eigenvalue weighted by molar-refractivity contribution is 5.11. The highest BCUT2D eigenvalue weighted by Crippen LogP contribution is 2.68. The molecule has 0 heterocycles. The quantitative estimate of drug-likeness (QED) is 0.728. The van der Waals surface area contributed by atoms with E-state index in [9.17, 15) is 5.11 Å². The molecule has 2 nitrogen and oxygen atoms in total. The second-order valence-electron chi connectivity index (χ2n) is 10.8. The molecule has 24 heavy (non-hydrogen) atoms. The number of ether oxygens (including phenoxy) is 1. The monoisotopic (exact) mass is 334 g/mol. The topological polar surface area (TPSA) is 29.5 Å². The Morgan fingerprint density at radius 1 is 0.917 bits per heavy atom. The van der Waals surface area contributed by atoms with Gasteiger partial charge in [0, 0.05) is 7.11 Å². The van der Waals surface area contributed by atoms with Gasteiger partial charge in [-0.15, -0.1) is 0 Å². The van der Waals surface area contributed by atoms with Crippen LogP contribution in [0.15, 0.2) is 0 Å². The molecular formula is C22H38O2. The van der Waals surface area contributed by atoms with Gasteiger partial charge in [0.05, 0.1) is 11.7 Å². The molecular weight excluding hydrogens is 296 g/mol. The van der Waals surface area contributed by atoms with Crippen LogP contribution in [0, 0.1) is 40.4 Å². The van der Waals surface area contributed by atoms with Crippen molar-refractivity contribution in [3.63, 3.8) is 0 Å². The van der Waals surface area contributed by atoms with E-state index >= 15 is 0 Å². The molecule has 4 fully saturated rings. The van der Waals surface area contributed by atoms with Crippen molar-refractivity contribution in [3.8, 4) is 0 Å². The second kappa shape index (κ2) is 5.46. The largest absolute Gasteiger partial charge is 0.390 e. The van der Waals surface area contributed by atoms with Gasteiger partial charge in [0.1, 0.15) is 0 Å². The first-order valence-corrected chi connectivity index (χ1v) is 10.5. The van der Waals surface area contributed by atoms with E-state index in [1.807, 2.05) is 7.11 Å². The van der Waals surface area contributed by atoms with Crippen molar-refractivity contribution in [2.45, 2.75) is 90.8 Å². The highest BCUT2D eigenvalue weighted by atomic mass is 16.5. The Kier molecular flexibility index (Phi) is 3.94. The van der Waals surface area contributed by atoms with Gasteiger partial charge in [-0.1, -0.05) is 20.8 Å². The van der Waals surface area contributed by atoms with Gasteiger partial charge in [-0.05, 0) is 98.7 Å². The fourth-order valence-corrected chi connectivity index (χ4v) is 8.15. The van der Waals surface area contributed by atoms with Gasteiger partial charge in [0.2, 0.25) is 0 Å². The third kappa shape index (κ3) is 2.28. The maximum Gasteiger partial charge on any atom is 0.0627 e. The molecule has 0 spiro atoms. The minimum atomic E-state index is -0.422. The predicted molar refractivity (Wildman–Crippen MR) is 97.7 cm³/mol. The van der Waals surface area contributed by atoms with Crippen LogP contribution in [0.4, 0.5) is 0 Å². The van der Waals surface area contributed by atoms with Crippen LogP contribution in [0.2, 0.25) is 0 Å². The van der Waals surface area contributed by atoms with Gasteiger partial charge in [-0.25, -0.2) is 0 Å². The molecule has 4 rings (SSSR count). The molecule has 0 aromatic rings. The lowest BCUT2D eigenvalue weighted by Crippen LogP contribution is -2.58. The van der Waals surface area contributed by atoms with Crippen molar-refractivity contribution in [1.82, 2.24) is 0 Å². The Labute approximate surface area is 148 Å². The molecule has 0 bridgehead atoms. The Hall–Kier alpha value is -0.0800. The standard InChI is InChI=1S/C22H38O2/c1-14-12-15-13-20(2,23)10-11-21(15,3)17-8-9-22(4)16(19(14)17)6-7-18(22)24-5/h14-19,23H,6-13H2,1-5H3/t14-,15+,16+,17+,18+,19+,20-,21+,22+/m1/s1. The molecule has 9 atom stereocenters. The number of hydrogen-bond acceptors (Lipinski definition) is 2. The molecule has 4 aliphatic rings. The number of rotatable bonds is 1. The Balaban J connectivity index is 1.65. The van der Waals surface area contributed by atoms with Crippen molar-refractivity contribution in [2.75, 3.05) is 7.11 Å². The maximum absolute atomic E-state index is 10.7. The average Bonchev–Trinajstić information content (AvgIpc) is 2.85. The maximum atomic E-state index is 10.7. The van der Waals surface area contributed by atoms with Crippen LogP contribution >= 0.6 is 0 Å². The Morgan fingerprint density at radius 3 is 2.33 bits per heavy atom. The lowest BCUT2D eigenvalue weighted by atomic mass is 9.42. The van der Waals surface area contributed by atoms with Gasteiger partial charge < -0.3 is 9.84 Å². The number of fused-ring (bicyclic) bond motifs is 5. The van der Waals surface area contributed by atoms with Gasteiger partial charge in [-0.3, -0.25) is 0 Å². The van der Waals surface area contributed by atoms with E-state index in [1.165, 1.54) is 38.5 Å². The summed E-state index contributed by atoms with van der Waals surface area (Å²) in [4.78, 5) is 0. The molecule has 0 aromatic heterocycles. The van der Waals surface area contributed by atoms with Crippen molar-refractivity contribution in [3.05, 3.63) is 0 Å². The van der Waals surface area contributed by atoms with E-state index in [2.05, 4.69) is 27.7 Å². The summed E-state index contributed by atoms with van der Waals surface area (Å²) < 4.78 is 5.92. The molecule has 0 aromatic carbocycles. The van der Waals surface area contributed by atoms with E-state index in [0.29, 0.717) is 16.9 Å². The fraction of sp³-hybridized carbons (Fsp3) is 1.00. The van der Waals surface area contributed by atoms with Gasteiger partial charge in [0.15, 0.2) is 0 Å². The SMILES string of the molecule is CO[C@H]1CC[C@H]2[C@@H]3[C@H](C)C[C@H]4C[C@](C)(O)CC[C@]4(C)[C@H]3CC[C@]12C. The first-order valence-electron chi connectivity index (χ1n) is 10.5. The smallest absolute Gasteiger partial charge is 0.0627 e. The molecule has 0 aliphatic heterocycles. The minimum Gasteiger partial charge on any atom is -0.390 e. The molecule has 0 amide bonds. The zero-order valence-corrected chi connectivity index (χ0v) is 16.5. The molecule has 138 valence electrons. The van der Waals surface area contributed by atoms with E-state index in [-0.39, 0.29) is 0 Å². The van der Waals surface area contributed by atoms with Crippen LogP contribution in [0.5, 0.6) is 0 Å². The molecule has 0 radical (unpaired) electrons. The summed E-state index contributed by atoms with van der Waals surface area (Å²) in [6, 6.07) is 0. The van der Waals surface area contributed by atoms with Crippen molar-refractivity contribution < 1.29 is 9.84 Å². The van der Waals surface area contributed by atoms with Crippen LogP contribution in [0.3, 0.4) is 0 Å². The number of methoxy groups -OCH3 is 1. The second-order valence-corrected chi connectivity index (χ2v) is 10.8. The lowest BCUT2D eigenvalue weighted by Gasteiger charge is -2.63. The molecule has 4 aliphatic carbocycles. The number of hydrogen-bond donors (Lipinski definition) is 1. The predicted octanol–water partition coefficient (Wildman–Crippen LogP) is 5.04. The lowest BCUT2D eigenvalue weighted by molar-refractivity contribution is -0.170. The summed E-state index contributed by atoms with van der Waals surface area (Å²) >= 11 is 0. The summed E-state index contributed by atoms with van der Waals surface area (Å²) in [6.45, 7) is 9.71. The summed E-state index contributed by atoms with van der Waals surface area (Å²) in [7, 11) is 1.93. The summed E-state index contributed by atoms with van der Waals surface area (Å²) in [5.74, 6) is 4.14. The van der Waals surface area contributed by atoms with Crippen molar-refractivity contribution in [1.29, 1.82) is 0 Å². The van der Waals surface area contributed by atoms with E-state index in [4.69, 9.17) is 4.74 Å². The third-order valence-electron chi connectivity index (χ3n) is 9.51. The molecule has 4 saturated carbocycles.